The Morgan fingerprint density at radius 1 is 1.17 bits per heavy atom. The topological polar surface area (TPSA) is 108 Å². The summed E-state index contributed by atoms with van der Waals surface area (Å²) in [4.78, 5) is 24.2. The maximum atomic E-state index is 12.1. The molecule has 1 heterocycles. The van der Waals surface area contributed by atoms with Crippen LogP contribution in [0.25, 0.3) is 0 Å². The van der Waals surface area contributed by atoms with Gasteiger partial charge >= 0.3 is 22.2 Å². The Kier molecular flexibility index (Phi) is 5.92. The van der Waals surface area contributed by atoms with E-state index in [0.29, 0.717) is 5.56 Å². The number of esters is 2. The Hall–Kier alpha value is -1.97. The van der Waals surface area contributed by atoms with E-state index in [-0.39, 0.29) is 13.0 Å². The second kappa shape index (κ2) is 7.73. The average Bonchev–Trinajstić information content (AvgIpc) is 2.74. The van der Waals surface area contributed by atoms with Gasteiger partial charge in [0, 0.05) is 5.92 Å². The molecule has 2 rings (SSSR count). The Labute approximate surface area is 140 Å². The maximum absolute atomic E-state index is 12.1. The van der Waals surface area contributed by atoms with E-state index in [1.54, 1.807) is 30.3 Å². The molecule has 0 bridgehead atoms. The van der Waals surface area contributed by atoms with Crippen LogP contribution in [0, 0.1) is 11.8 Å². The second-order valence-electron chi connectivity index (χ2n) is 5.26. The summed E-state index contributed by atoms with van der Waals surface area (Å²) in [6, 6.07) is 7.82. The van der Waals surface area contributed by atoms with E-state index in [0.717, 1.165) is 14.2 Å². The van der Waals surface area contributed by atoms with Gasteiger partial charge in [-0.05, 0) is 12.0 Å². The number of ether oxygens (including phenoxy) is 2. The highest BCUT2D eigenvalue weighted by Crippen LogP contribution is 2.35. The van der Waals surface area contributed by atoms with Crippen LogP contribution < -0.4 is 4.72 Å². The largest absolute Gasteiger partial charge is 0.468 e. The molecule has 24 heavy (non-hydrogen) atoms. The predicted octanol–water partition coefficient (Wildman–Crippen LogP) is 0.561. The van der Waals surface area contributed by atoms with Gasteiger partial charge in [-0.25, -0.2) is 0 Å². The molecule has 1 fully saturated rings. The summed E-state index contributed by atoms with van der Waals surface area (Å²) in [5.41, 5.74) is 0.606. The number of hydrogen-bond donors (Lipinski definition) is 1. The molecule has 1 aliphatic rings. The van der Waals surface area contributed by atoms with Crippen molar-refractivity contribution in [2.75, 3.05) is 20.8 Å². The molecule has 0 aliphatic carbocycles. The molecule has 132 valence electrons. The molecule has 9 heteroatoms. The van der Waals surface area contributed by atoms with Gasteiger partial charge in [-0.3, -0.25) is 13.8 Å². The summed E-state index contributed by atoms with van der Waals surface area (Å²) >= 11 is 0. The van der Waals surface area contributed by atoms with E-state index in [2.05, 4.69) is 4.72 Å². The van der Waals surface area contributed by atoms with Crippen LogP contribution in [-0.4, -0.2) is 41.2 Å². The fraction of sp³-hybridized carbons (Fsp3) is 0.467. The van der Waals surface area contributed by atoms with Crippen LogP contribution in [0.15, 0.2) is 30.3 Å². The van der Waals surface area contributed by atoms with Crippen LogP contribution in [0.2, 0.25) is 0 Å². The molecule has 2 atom stereocenters. The highest BCUT2D eigenvalue weighted by Gasteiger charge is 2.44. The number of rotatable bonds is 4. The SMILES string of the molecule is COC(=O)C(C(=O)OC)[C@@H]1CCOS(=O)(=O)N[C@H]1c1ccccc1. The summed E-state index contributed by atoms with van der Waals surface area (Å²) in [6.07, 6.45) is 0.153. The van der Waals surface area contributed by atoms with Crippen molar-refractivity contribution < 1.29 is 31.7 Å². The molecule has 0 spiro atoms. The monoisotopic (exact) mass is 357 g/mol. The lowest BCUT2D eigenvalue weighted by molar-refractivity contribution is -0.162. The zero-order chi connectivity index (χ0) is 17.7. The Morgan fingerprint density at radius 3 is 2.29 bits per heavy atom. The van der Waals surface area contributed by atoms with Gasteiger partial charge in [-0.1, -0.05) is 30.3 Å². The summed E-state index contributed by atoms with van der Waals surface area (Å²) in [7, 11) is -1.68. The van der Waals surface area contributed by atoms with Crippen molar-refractivity contribution in [2.45, 2.75) is 12.5 Å². The smallest absolute Gasteiger partial charge is 0.336 e. The third kappa shape index (κ3) is 4.11. The van der Waals surface area contributed by atoms with Gasteiger partial charge in [-0.2, -0.15) is 13.1 Å². The van der Waals surface area contributed by atoms with E-state index in [4.69, 9.17) is 13.7 Å². The Balaban J connectivity index is 2.49. The number of hydrogen-bond acceptors (Lipinski definition) is 7. The van der Waals surface area contributed by atoms with Gasteiger partial charge in [0.15, 0.2) is 5.92 Å². The third-order valence-electron chi connectivity index (χ3n) is 3.89. The van der Waals surface area contributed by atoms with E-state index in [9.17, 15) is 18.0 Å². The van der Waals surface area contributed by atoms with Crippen molar-refractivity contribution in [1.29, 1.82) is 0 Å². The first kappa shape index (κ1) is 18.4. The molecule has 1 saturated heterocycles. The lowest BCUT2D eigenvalue weighted by Gasteiger charge is -2.28. The zero-order valence-electron chi connectivity index (χ0n) is 13.3. The first-order valence-corrected chi connectivity index (χ1v) is 8.67. The zero-order valence-corrected chi connectivity index (χ0v) is 14.1. The van der Waals surface area contributed by atoms with E-state index >= 15 is 0 Å². The van der Waals surface area contributed by atoms with Crippen molar-refractivity contribution in [3.05, 3.63) is 35.9 Å². The van der Waals surface area contributed by atoms with Crippen LogP contribution in [0.1, 0.15) is 18.0 Å². The third-order valence-corrected chi connectivity index (χ3v) is 4.91. The minimum atomic E-state index is -4.00. The molecule has 8 nitrogen and oxygen atoms in total. The maximum Gasteiger partial charge on any atom is 0.336 e. The summed E-state index contributed by atoms with van der Waals surface area (Å²) in [6.45, 7) is -0.159. The number of carbonyl (C=O) groups is 2. The van der Waals surface area contributed by atoms with Crippen molar-refractivity contribution in [1.82, 2.24) is 4.72 Å². The Morgan fingerprint density at radius 2 is 1.75 bits per heavy atom. The van der Waals surface area contributed by atoms with Crippen LogP contribution in [-0.2, 0) is 33.6 Å². The molecule has 0 aromatic heterocycles. The fourth-order valence-electron chi connectivity index (χ4n) is 2.77. The summed E-state index contributed by atoms with van der Waals surface area (Å²) < 4.78 is 40.5. The van der Waals surface area contributed by atoms with Gasteiger partial charge in [0.05, 0.1) is 26.9 Å². The highest BCUT2D eigenvalue weighted by molar-refractivity contribution is 7.84. The quantitative estimate of drug-likeness (QED) is 0.619. The standard InChI is InChI=1S/C15H19NO7S/c1-21-14(17)12(15(18)22-2)11-8-9-23-24(19,20)16-13(11)10-6-4-3-5-7-10/h3-7,11-13,16H,8-9H2,1-2H3/t11-,13-/m0/s1. The molecular formula is C15H19NO7S. The molecule has 0 saturated carbocycles. The van der Waals surface area contributed by atoms with Gasteiger partial charge in [-0.15, -0.1) is 0 Å². The number of methoxy groups -OCH3 is 2. The predicted molar refractivity (Wildman–Crippen MR) is 82.8 cm³/mol. The van der Waals surface area contributed by atoms with E-state index in [1.807, 2.05) is 0 Å². The number of nitrogens with one attached hydrogen (secondary N) is 1. The van der Waals surface area contributed by atoms with E-state index < -0.39 is 40.1 Å². The van der Waals surface area contributed by atoms with Gasteiger partial charge in [0.2, 0.25) is 0 Å². The van der Waals surface area contributed by atoms with Crippen molar-refractivity contribution in [3.8, 4) is 0 Å². The minimum Gasteiger partial charge on any atom is -0.468 e. The van der Waals surface area contributed by atoms with Crippen molar-refractivity contribution in [2.24, 2.45) is 11.8 Å². The van der Waals surface area contributed by atoms with Gasteiger partial charge < -0.3 is 9.47 Å². The molecule has 0 unspecified atom stereocenters. The average molecular weight is 357 g/mol. The normalized spacial score (nSPS) is 23.3. The van der Waals surface area contributed by atoms with Crippen molar-refractivity contribution in [3.63, 3.8) is 0 Å². The van der Waals surface area contributed by atoms with Gasteiger partial charge in [0.1, 0.15) is 0 Å². The lowest BCUT2D eigenvalue weighted by atomic mass is 9.81. The molecular weight excluding hydrogens is 338 g/mol. The first-order valence-electron chi connectivity index (χ1n) is 7.27. The van der Waals surface area contributed by atoms with Crippen LogP contribution in [0.5, 0.6) is 0 Å². The van der Waals surface area contributed by atoms with Crippen LogP contribution >= 0.6 is 0 Å². The van der Waals surface area contributed by atoms with Gasteiger partial charge in [0.25, 0.3) is 0 Å². The minimum absolute atomic E-state index is 0.153. The molecule has 0 radical (unpaired) electrons. The molecule has 0 amide bonds. The second-order valence-corrected chi connectivity index (χ2v) is 6.64. The highest BCUT2D eigenvalue weighted by atomic mass is 32.2. The summed E-state index contributed by atoms with van der Waals surface area (Å²) in [5.74, 6) is -3.55. The van der Waals surface area contributed by atoms with E-state index in [1.165, 1.54) is 0 Å². The van der Waals surface area contributed by atoms with Crippen molar-refractivity contribution >= 4 is 22.2 Å². The Bertz CT molecular complexity index is 673. The summed E-state index contributed by atoms with van der Waals surface area (Å²) in [5, 5.41) is 0. The fourth-order valence-corrected chi connectivity index (χ4v) is 3.78. The number of carbonyl (C=O) groups excluding carboxylic acids is 2. The lowest BCUT2D eigenvalue weighted by Crippen LogP contribution is -2.41. The molecule has 1 aliphatic heterocycles. The molecule has 1 N–H and O–H groups in total. The van der Waals surface area contributed by atoms with Crippen LogP contribution in [0.3, 0.4) is 0 Å². The first-order chi connectivity index (χ1) is 11.4. The number of benzene rings is 1. The molecule has 1 aromatic rings. The molecule has 1 aromatic carbocycles. The van der Waals surface area contributed by atoms with Crippen LogP contribution in [0.4, 0.5) is 0 Å².